The Morgan fingerprint density at radius 2 is 1.93 bits per heavy atom. The summed E-state index contributed by atoms with van der Waals surface area (Å²) in [5.74, 6) is 1.94. The zero-order valence-electron chi connectivity index (χ0n) is 17.1. The van der Waals surface area contributed by atoms with Crippen molar-refractivity contribution in [1.29, 1.82) is 5.26 Å². The molecule has 2 N–H and O–H groups in total. The molecule has 1 heterocycles. The molecule has 5 rings (SSSR count). The summed E-state index contributed by atoms with van der Waals surface area (Å²) in [5.41, 5.74) is 6.41. The molecule has 1 aromatic heterocycles. The van der Waals surface area contributed by atoms with E-state index in [1.807, 2.05) is 0 Å². The minimum atomic E-state index is -0.151. The molecule has 1 aromatic rings. The molecule has 2 fully saturated rings. The van der Waals surface area contributed by atoms with Crippen LogP contribution in [0.5, 0.6) is 0 Å². The van der Waals surface area contributed by atoms with Crippen LogP contribution < -0.4 is 0 Å². The average Bonchev–Trinajstić information content (AvgIpc) is 2.96. The monoisotopic (exact) mass is 394 g/mol. The Labute approximate surface area is 172 Å². The molecule has 0 saturated heterocycles. The van der Waals surface area contributed by atoms with Crippen LogP contribution in [0.25, 0.3) is 0 Å². The number of aromatic amines is 1. The van der Waals surface area contributed by atoms with E-state index in [-0.39, 0.29) is 16.9 Å². The minimum Gasteiger partial charge on any atom is -0.393 e. The Balaban J connectivity index is 1.60. The summed E-state index contributed by atoms with van der Waals surface area (Å²) in [5, 5.41) is 20.0. The zero-order valence-corrected chi connectivity index (χ0v) is 18.0. The van der Waals surface area contributed by atoms with Gasteiger partial charge in [-0.2, -0.15) is 5.26 Å². The molecule has 0 spiro atoms. The number of fused-ring (bicyclic) bond motifs is 7. The first-order valence-electron chi connectivity index (χ1n) is 10.8. The summed E-state index contributed by atoms with van der Waals surface area (Å²) in [6, 6.07) is 2.40. The number of aliphatic hydroxyl groups is 1. The van der Waals surface area contributed by atoms with E-state index in [0.717, 1.165) is 32.1 Å². The number of pyridine rings is 1. The second-order valence-corrected chi connectivity index (χ2v) is 10.6. The van der Waals surface area contributed by atoms with Crippen molar-refractivity contribution in [2.75, 3.05) is 0 Å². The highest BCUT2D eigenvalue weighted by Gasteiger charge is 2.58. The summed E-state index contributed by atoms with van der Waals surface area (Å²) in [4.78, 5) is 3.33. The third kappa shape index (κ3) is 2.27. The standard InChI is InChI=1S/C24H30N2OS/c1-13-21-17(18(12-25)22(28)26-13)11-20-16-5-4-14-10-15(27)6-8-23(14,2)19(16)7-9-24(20,21)3/h4,15-16,19-20,27H,5-11H2,1-3H3,(H,26,28)/t15-,16+,19-,20+,23-,24-/m1/s1. The Morgan fingerprint density at radius 1 is 1.18 bits per heavy atom. The van der Waals surface area contributed by atoms with E-state index in [2.05, 4.69) is 37.9 Å². The number of allylic oxidation sites excluding steroid dienone is 1. The van der Waals surface area contributed by atoms with Gasteiger partial charge in [0.15, 0.2) is 0 Å². The molecule has 0 bridgehead atoms. The van der Waals surface area contributed by atoms with Gasteiger partial charge in [-0.3, -0.25) is 0 Å². The number of nitrogens with zero attached hydrogens (tertiary/aromatic N) is 1. The van der Waals surface area contributed by atoms with Crippen LogP contribution >= 0.6 is 12.2 Å². The first-order valence-corrected chi connectivity index (χ1v) is 11.2. The molecule has 2 saturated carbocycles. The molecule has 3 nitrogen and oxygen atoms in total. The number of nitriles is 1. The lowest BCUT2D eigenvalue weighted by Crippen LogP contribution is -2.51. The van der Waals surface area contributed by atoms with Crippen LogP contribution in [-0.2, 0) is 11.8 Å². The number of aromatic nitrogens is 1. The fourth-order valence-corrected chi connectivity index (χ4v) is 8.07. The molecule has 0 aromatic carbocycles. The van der Waals surface area contributed by atoms with E-state index in [1.165, 1.54) is 35.2 Å². The smallest absolute Gasteiger partial charge is 0.121 e. The lowest BCUT2D eigenvalue weighted by Gasteiger charge is -2.57. The molecule has 148 valence electrons. The first-order chi connectivity index (χ1) is 13.3. The fourth-order valence-electron chi connectivity index (χ4n) is 7.75. The van der Waals surface area contributed by atoms with Gasteiger partial charge in [-0.15, -0.1) is 0 Å². The molecular weight excluding hydrogens is 364 g/mol. The Kier molecular flexibility index (Phi) is 4.00. The number of nitrogens with one attached hydrogen (secondary N) is 1. The average molecular weight is 395 g/mol. The van der Waals surface area contributed by atoms with Crippen LogP contribution in [0, 0.1) is 46.1 Å². The molecule has 6 atom stereocenters. The molecule has 0 amide bonds. The van der Waals surface area contributed by atoms with E-state index in [1.54, 1.807) is 0 Å². The quantitative estimate of drug-likeness (QED) is 0.466. The normalized spacial score (nSPS) is 41.2. The van der Waals surface area contributed by atoms with Gasteiger partial charge in [0, 0.05) is 5.69 Å². The van der Waals surface area contributed by atoms with Gasteiger partial charge in [0.25, 0.3) is 0 Å². The lowest BCUT2D eigenvalue weighted by atomic mass is 9.47. The Bertz CT molecular complexity index is 986. The summed E-state index contributed by atoms with van der Waals surface area (Å²) in [6.07, 6.45) is 9.80. The van der Waals surface area contributed by atoms with Crippen molar-refractivity contribution in [3.63, 3.8) is 0 Å². The predicted molar refractivity (Wildman–Crippen MR) is 113 cm³/mol. The highest BCUT2D eigenvalue weighted by molar-refractivity contribution is 7.71. The van der Waals surface area contributed by atoms with Crippen molar-refractivity contribution >= 4 is 12.2 Å². The van der Waals surface area contributed by atoms with Gasteiger partial charge >= 0.3 is 0 Å². The van der Waals surface area contributed by atoms with Gasteiger partial charge in [-0.1, -0.05) is 37.7 Å². The second kappa shape index (κ2) is 6.03. The zero-order chi connectivity index (χ0) is 19.8. The molecule has 0 unspecified atom stereocenters. The maximum Gasteiger partial charge on any atom is 0.121 e. The van der Waals surface area contributed by atoms with Gasteiger partial charge in [-0.25, -0.2) is 0 Å². The largest absolute Gasteiger partial charge is 0.393 e. The molecular formula is C24H30N2OS. The molecule has 0 aliphatic heterocycles. The highest BCUT2D eigenvalue weighted by Crippen LogP contribution is 2.64. The second-order valence-electron chi connectivity index (χ2n) is 10.2. The van der Waals surface area contributed by atoms with E-state index in [0.29, 0.717) is 28.0 Å². The van der Waals surface area contributed by atoms with E-state index >= 15 is 0 Å². The molecule has 4 heteroatoms. The third-order valence-electron chi connectivity index (χ3n) is 9.08. The van der Waals surface area contributed by atoms with Crippen LogP contribution in [0.2, 0.25) is 0 Å². The van der Waals surface area contributed by atoms with Crippen molar-refractivity contribution in [2.45, 2.75) is 77.2 Å². The van der Waals surface area contributed by atoms with Gasteiger partial charge in [-0.05, 0) is 91.6 Å². The van der Waals surface area contributed by atoms with Gasteiger partial charge in [0.2, 0.25) is 0 Å². The number of aryl methyl sites for hydroxylation is 1. The SMILES string of the molecule is Cc1[nH]c(=S)c(C#N)c2c1[C@]1(C)CC[C@@H]3[C@H](CC=C4C[C@H](O)CC[C@]43C)[C@@H]1C2. The number of aliphatic hydroxyl groups excluding tert-OH is 1. The van der Waals surface area contributed by atoms with Crippen LogP contribution in [0.3, 0.4) is 0 Å². The van der Waals surface area contributed by atoms with E-state index < -0.39 is 0 Å². The van der Waals surface area contributed by atoms with Crippen LogP contribution in [-0.4, -0.2) is 16.2 Å². The number of rotatable bonds is 0. The third-order valence-corrected chi connectivity index (χ3v) is 9.39. The predicted octanol–water partition coefficient (Wildman–Crippen LogP) is 5.26. The molecule has 28 heavy (non-hydrogen) atoms. The molecule has 4 aliphatic carbocycles. The van der Waals surface area contributed by atoms with Crippen molar-refractivity contribution in [3.8, 4) is 6.07 Å². The fraction of sp³-hybridized carbons (Fsp3) is 0.667. The topological polar surface area (TPSA) is 59.8 Å². The summed E-state index contributed by atoms with van der Waals surface area (Å²) in [6.45, 7) is 7.04. The van der Waals surface area contributed by atoms with Crippen molar-refractivity contribution in [1.82, 2.24) is 4.98 Å². The van der Waals surface area contributed by atoms with Crippen LogP contribution in [0.4, 0.5) is 0 Å². The highest BCUT2D eigenvalue weighted by atomic mass is 32.1. The molecule has 0 radical (unpaired) electrons. The first kappa shape index (κ1) is 18.6. The maximum absolute atomic E-state index is 10.2. The van der Waals surface area contributed by atoms with E-state index in [4.69, 9.17) is 12.2 Å². The summed E-state index contributed by atoms with van der Waals surface area (Å²) in [7, 11) is 0. The maximum atomic E-state index is 10.2. The molecule has 4 aliphatic rings. The van der Waals surface area contributed by atoms with Crippen LogP contribution in [0.15, 0.2) is 11.6 Å². The van der Waals surface area contributed by atoms with E-state index in [9.17, 15) is 10.4 Å². The van der Waals surface area contributed by atoms with Gasteiger partial charge in [0.1, 0.15) is 10.7 Å². The number of hydrogen-bond acceptors (Lipinski definition) is 3. The number of H-pyrrole nitrogens is 1. The van der Waals surface area contributed by atoms with Gasteiger partial charge in [0.05, 0.1) is 11.7 Å². The Hall–Kier alpha value is -1.44. The Morgan fingerprint density at radius 3 is 2.68 bits per heavy atom. The minimum absolute atomic E-state index is 0.140. The summed E-state index contributed by atoms with van der Waals surface area (Å²) < 4.78 is 0.608. The van der Waals surface area contributed by atoms with Crippen molar-refractivity contribution in [2.24, 2.45) is 23.2 Å². The van der Waals surface area contributed by atoms with Gasteiger partial charge < -0.3 is 10.1 Å². The number of hydrogen-bond donors (Lipinski definition) is 2. The van der Waals surface area contributed by atoms with Crippen molar-refractivity contribution in [3.05, 3.63) is 38.7 Å². The lowest BCUT2D eigenvalue weighted by molar-refractivity contribution is -0.0164. The van der Waals surface area contributed by atoms with Crippen molar-refractivity contribution < 1.29 is 5.11 Å². The summed E-state index contributed by atoms with van der Waals surface area (Å²) >= 11 is 5.49. The van der Waals surface area contributed by atoms with Crippen LogP contribution in [0.1, 0.15) is 74.8 Å².